The summed E-state index contributed by atoms with van der Waals surface area (Å²) in [6.07, 6.45) is 3.34. The smallest absolute Gasteiger partial charge is 0.233 e. The molecule has 15 heavy (non-hydrogen) atoms. The lowest BCUT2D eigenvalue weighted by Crippen LogP contribution is -2.39. The maximum atomic E-state index is 11.7. The number of rotatable bonds is 3. The molecule has 1 saturated heterocycles. The van der Waals surface area contributed by atoms with E-state index in [2.05, 4.69) is 11.4 Å². The summed E-state index contributed by atoms with van der Waals surface area (Å²) in [5.74, 6) is 1.18. The molecular weight excluding hydrogens is 208 g/mol. The highest BCUT2D eigenvalue weighted by molar-refractivity contribution is 8.00. The number of carbonyl (C=O) groups is 1. The van der Waals surface area contributed by atoms with E-state index in [1.54, 1.807) is 11.8 Å². The summed E-state index contributed by atoms with van der Waals surface area (Å²) in [6, 6.07) is 2.18. The molecule has 84 valence electrons. The zero-order valence-corrected chi connectivity index (χ0v) is 10.2. The van der Waals surface area contributed by atoms with Crippen LogP contribution in [-0.4, -0.2) is 23.5 Å². The highest BCUT2D eigenvalue weighted by Crippen LogP contribution is 2.25. The van der Waals surface area contributed by atoms with Gasteiger partial charge in [0.2, 0.25) is 5.91 Å². The van der Waals surface area contributed by atoms with Crippen LogP contribution in [0, 0.1) is 16.7 Å². The Bertz CT molecular complexity index is 264. The maximum Gasteiger partial charge on any atom is 0.233 e. The number of amides is 1. The second-order valence-corrected chi connectivity index (χ2v) is 5.88. The van der Waals surface area contributed by atoms with Gasteiger partial charge in [0.15, 0.2) is 0 Å². The Morgan fingerprint density at radius 2 is 2.33 bits per heavy atom. The number of hydrogen-bond donors (Lipinski definition) is 1. The van der Waals surface area contributed by atoms with Gasteiger partial charge in [-0.3, -0.25) is 4.79 Å². The summed E-state index contributed by atoms with van der Waals surface area (Å²) in [7, 11) is 0. The summed E-state index contributed by atoms with van der Waals surface area (Å²) < 4.78 is 0. The van der Waals surface area contributed by atoms with Crippen molar-refractivity contribution in [2.75, 3.05) is 12.3 Å². The van der Waals surface area contributed by atoms with Crippen molar-refractivity contribution in [3.63, 3.8) is 0 Å². The molecule has 0 bridgehead atoms. The Kier molecular flexibility index (Phi) is 4.46. The number of nitriles is 1. The van der Waals surface area contributed by atoms with Crippen LogP contribution in [0.25, 0.3) is 0 Å². The lowest BCUT2D eigenvalue weighted by molar-refractivity contribution is -0.121. The van der Waals surface area contributed by atoms with Gasteiger partial charge in [-0.2, -0.15) is 5.26 Å². The second-order valence-electron chi connectivity index (χ2n) is 4.57. The van der Waals surface area contributed by atoms with Crippen molar-refractivity contribution in [1.82, 2.24) is 5.32 Å². The van der Waals surface area contributed by atoms with Gasteiger partial charge in [0.25, 0.3) is 0 Å². The predicted molar refractivity (Wildman–Crippen MR) is 62.5 cm³/mol. The zero-order chi connectivity index (χ0) is 11.3. The number of nitrogens with one attached hydrogen (secondary N) is 1. The number of carbonyl (C=O) groups excluding carboxylic acids is 1. The first kappa shape index (κ1) is 12.4. The minimum atomic E-state index is -0.463. The van der Waals surface area contributed by atoms with Crippen LogP contribution in [0.2, 0.25) is 0 Å². The van der Waals surface area contributed by atoms with Crippen molar-refractivity contribution in [3.8, 4) is 6.07 Å². The summed E-state index contributed by atoms with van der Waals surface area (Å²) in [5, 5.41) is 11.8. The first-order chi connectivity index (χ1) is 7.05. The highest BCUT2D eigenvalue weighted by Gasteiger charge is 2.24. The molecule has 0 aromatic heterocycles. The van der Waals surface area contributed by atoms with E-state index in [4.69, 9.17) is 5.26 Å². The molecule has 0 aliphatic carbocycles. The van der Waals surface area contributed by atoms with Gasteiger partial charge in [-0.1, -0.05) is 6.42 Å². The third kappa shape index (κ3) is 4.13. The Labute approximate surface area is 95.6 Å². The third-order valence-corrected chi connectivity index (χ3v) is 3.86. The third-order valence-electron chi connectivity index (χ3n) is 2.48. The van der Waals surface area contributed by atoms with Gasteiger partial charge in [-0.05, 0) is 32.4 Å². The molecule has 1 N–H and O–H groups in total. The van der Waals surface area contributed by atoms with E-state index in [9.17, 15) is 4.79 Å². The molecule has 1 unspecified atom stereocenters. The Morgan fingerprint density at radius 1 is 1.60 bits per heavy atom. The molecule has 1 aliphatic heterocycles. The molecule has 0 radical (unpaired) electrons. The van der Waals surface area contributed by atoms with E-state index < -0.39 is 5.41 Å². The lowest BCUT2D eigenvalue weighted by Gasteiger charge is -2.22. The normalized spacial score (nSPS) is 21.8. The minimum Gasteiger partial charge on any atom is -0.354 e. The Morgan fingerprint density at radius 3 is 2.87 bits per heavy atom. The lowest BCUT2D eigenvalue weighted by atomic mass is 9.96. The van der Waals surface area contributed by atoms with E-state index in [1.165, 1.54) is 6.42 Å². The first-order valence-corrected chi connectivity index (χ1v) is 6.40. The van der Waals surface area contributed by atoms with Crippen molar-refractivity contribution < 1.29 is 4.79 Å². The number of hydrogen-bond acceptors (Lipinski definition) is 3. The van der Waals surface area contributed by atoms with Crippen molar-refractivity contribution in [3.05, 3.63) is 0 Å². The van der Waals surface area contributed by atoms with Crippen molar-refractivity contribution in [1.29, 1.82) is 5.26 Å². The number of nitrogens with zero attached hydrogens (tertiary/aromatic N) is 1. The molecule has 1 aliphatic rings. The largest absolute Gasteiger partial charge is 0.354 e. The van der Waals surface area contributed by atoms with Crippen LogP contribution < -0.4 is 5.32 Å². The number of thioether (sulfide) groups is 1. The molecule has 4 heteroatoms. The van der Waals surface area contributed by atoms with E-state index in [0.717, 1.165) is 18.6 Å². The van der Waals surface area contributed by atoms with E-state index in [-0.39, 0.29) is 11.2 Å². The molecule has 3 nitrogen and oxygen atoms in total. The standard InChI is InChI=1S/C11H18N2OS/c1-11(2,7-12)8-13-10(14)9-5-3-4-6-15-9/h9H,3-6,8H2,1-2H3,(H,13,14). The van der Waals surface area contributed by atoms with Crippen LogP contribution in [0.15, 0.2) is 0 Å². The average Bonchev–Trinajstić information content (AvgIpc) is 2.27. The van der Waals surface area contributed by atoms with Crippen LogP contribution >= 0.6 is 11.8 Å². The molecule has 0 aromatic carbocycles. The van der Waals surface area contributed by atoms with Crippen LogP contribution in [0.3, 0.4) is 0 Å². The molecule has 0 saturated carbocycles. The van der Waals surface area contributed by atoms with Gasteiger partial charge >= 0.3 is 0 Å². The molecule has 1 amide bonds. The summed E-state index contributed by atoms with van der Waals surface area (Å²) in [4.78, 5) is 11.7. The van der Waals surface area contributed by atoms with Crippen LogP contribution in [0.1, 0.15) is 33.1 Å². The molecular formula is C11H18N2OS. The fourth-order valence-electron chi connectivity index (χ4n) is 1.41. The van der Waals surface area contributed by atoms with Crippen LogP contribution in [-0.2, 0) is 4.79 Å². The molecule has 1 rings (SSSR count). The topological polar surface area (TPSA) is 52.9 Å². The maximum absolute atomic E-state index is 11.7. The summed E-state index contributed by atoms with van der Waals surface area (Å²) >= 11 is 1.73. The molecule has 1 atom stereocenters. The summed E-state index contributed by atoms with van der Waals surface area (Å²) in [6.45, 7) is 4.11. The second kappa shape index (κ2) is 5.41. The Balaban J connectivity index is 2.32. The van der Waals surface area contributed by atoms with Gasteiger partial charge < -0.3 is 5.32 Å². The van der Waals surface area contributed by atoms with Gasteiger partial charge in [0, 0.05) is 6.54 Å². The fraction of sp³-hybridized carbons (Fsp3) is 0.818. The van der Waals surface area contributed by atoms with E-state index >= 15 is 0 Å². The van der Waals surface area contributed by atoms with Crippen LogP contribution in [0.4, 0.5) is 0 Å². The Hall–Kier alpha value is -0.690. The monoisotopic (exact) mass is 226 g/mol. The molecule has 1 heterocycles. The minimum absolute atomic E-state index is 0.100. The summed E-state index contributed by atoms with van der Waals surface area (Å²) in [5.41, 5.74) is -0.463. The van der Waals surface area contributed by atoms with Crippen LogP contribution in [0.5, 0.6) is 0 Å². The van der Waals surface area contributed by atoms with Gasteiger partial charge in [-0.25, -0.2) is 0 Å². The first-order valence-electron chi connectivity index (χ1n) is 5.36. The van der Waals surface area contributed by atoms with Crippen molar-refractivity contribution in [2.24, 2.45) is 5.41 Å². The van der Waals surface area contributed by atoms with Gasteiger partial charge in [0.1, 0.15) is 0 Å². The van der Waals surface area contributed by atoms with Crippen molar-refractivity contribution in [2.45, 2.75) is 38.4 Å². The quantitative estimate of drug-likeness (QED) is 0.800. The SMILES string of the molecule is CC(C)(C#N)CNC(=O)C1CCCCS1. The molecule has 0 spiro atoms. The predicted octanol–water partition coefficient (Wildman–Crippen LogP) is 1.94. The average molecular weight is 226 g/mol. The zero-order valence-electron chi connectivity index (χ0n) is 9.38. The molecule has 0 aromatic rings. The van der Waals surface area contributed by atoms with E-state index in [0.29, 0.717) is 6.54 Å². The fourth-order valence-corrected chi connectivity index (χ4v) is 2.63. The van der Waals surface area contributed by atoms with Gasteiger partial charge in [-0.15, -0.1) is 11.8 Å². The van der Waals surface area contributed by atoms with Gasteiger partial charge in [0.05, 0.1) is 16.7 Å². The molecule has 1 fully saturated rings. The van der Waals surface area contributed by atoms with Crippen molar-refractivity contribution >= 4 is 17.7 Å². The highest BCUT2D eigenvalue weighted by atomic mass is 32.2. The van der Waals surface area contributed by atoms with E-state index in [1.807, 2.05) is 13.8 Å².